The lowest BCUT2D eigenvalue weighted by molar-refractivity contribution is 0.0502. The number of hydrogen-bond donors (Lipinski definition) is 4. The van der Waals surface area contributed by atoms with Gasteiger partial charge < -0.3 is 15.8 Å². The Kier molecular flexibility index (Phi) is 14.6. The monoisotopic (exact) mass is 560 g/mol. The number of ether oxygens (including phenoxy) is 1. The second-order valence-corrected chi connectivity index (χ2v) is 12.2. The van der Waals surface area contributed by atoms with Crippen LogP contribution in [0.1, 0.15) is 64.5 Å². The summed E-state index contributed by atoms with van der Waals surface area (Å²) in [5.74, 6) is 0. The number of benzene rings is 2. The van der Waals surface area contributed by atoms with E-state index in [1.165, 1.54) is 24.3 Å². The molecule has 0 aromatic heterocycles. The van der Waals surface area contributed by atoms with Gasteiger partial charge in [-0.1, -0.05) is 61.6 Å². The molecule has 210 valence electrons. The summed E-state index contributed by atoms with van der Waals surface area (Å²) >= 11 is 0. The van der Waals surface area contributed by atoms with Crippen LogP contribution in [0.25, 0.3) is 0 Å². The molecule has 1 atom stereocenters. The molecule has 0 saturated carbocycles. The molecule has 1 unspecified atom stereocenters. The first kappa shape index (κ1) is 34.5. The predicted molar refractivity (Wildman–Crippen MR) is 143 cm³/mol. The molecule has 0 bridgehead atoms. The lowest BCUT2D eigenvalue weighted by Gasteiger charge is -2.21. The van der Waals surface area contributed by atoms with Gasteiger partial charge in [-0.2, -0.15) is 16.8 Å². The van der Waals surface area contributed by atoms with Gasteiger partial charge in [-0.25, -0.2) is 4.79 Å². The minimum Gasteiger partial charge on any atom is -0.444 e. The van der Waals surface area contributed by atoms with Crippen molar-refractivity contribution in [3.05, 3.63) is 59.7 Å². The van der Waals surface area contributed by atoms with Crippen molar-refractivity contribution in [1.29, 1.82) is 0 Å². The molecule has 12 heteroatoms. The zero-order chi connectivity index (χ0) is 28.9. The largest absolute Gasteiger partial charge is 0.444 e. The van der Waals surface area contributed by atoms with Crippen molar-refractivity contribution < 1.29 is 35.5 Å². The Balaban J connectivity index is 0.000000534. The molecular weight excluding hydrogens is 520 g/mol. The maximum Gasteiger partial charge on any atom is 0.408 e. The molecule has 2 aromatic rings. The highest BCUT2D eigenvalue weighted by Crippen LogP contribution is 2.10. The van der Waals surface area contributed by atoms with E-state index in [1.54, 1.807) is 24.3 Å². The van der Waals surface area contributed by atoms with Crippen molar-refractivity contribution in [2.45, 2.75) is 88.8 Å². The summed E-state index contributed by atoms with van der Waals surface area (Å²) in [4.78, 5) is 11.2. The van der Waals surface area contributed by atoms with Crippen molar-refractivity contribution in [3.8, 4) is 0 Å². The molecule has 0 fully saturated rings. The van der Waals surface area contributed by atoms with Crippen LogP contribution >= 0.6 is 0 Å². The van der Waals surface area contributed by atoms with Crippen LogP contribution in [0.15, 0.2) is 58.3 Å². The fourth-order valence-electron chi connectivity index (χ4n) is 2.57. The van der Waals surface area contributed by atoms with Crippen LogP contribution in [-0.2, 0) is 25.0 Å². The first-order valence-corrected chi connectivity index (χ1v) is 14.6. The lowest BCUT2D eigenvalue weighted by atomic mass is 10.2. The fourth-order valence-corrected chi connectivity index (χ4v) is 3.53. The van der Waals surface area contributed by atoms with Gasteiger partial charge in [0.05, 0.1) is 16.0 Å². The van der Waals surface area contributed by atoms with Crippen molar-refractivity contribution in [1.82, 2.24) is 5.32 Å². The van der Waals surface area contributed by atoms with Gasteiger partial charge in [0.2, 0.25) is 0 Å². The third-order valence-electron chi connectivity index (χ3n) is 4.46. The number of unbranched alkanes of at least 4 members (excludes halogenated alkanes) is 2. The average Bonchev–Trinajstić information content (AvgIpc) is 2.73. The summed E-state index contributed by atoms with van der Waals surface area (Å²) in [5, 5.41) is 2.61. The molecule has 37 heavy (non-hydrogen) atoms. The molecule has 0 spiro atoms. The van der Waals surface area contributed by atoms with Gasteiger partial charge in [-0.15, -0.1) is 0 Å². The summed E-state index contributed by atoms with van der Waals surface area (Å²) in [5.41, 5.74) is 7.17. The summed E-state index contributed by atoms with van der Waals surface area (Å²) < 4.78 is 64.2. The molecule has 0 saturated heterocycles. The van der Waals surface area contributed by atoms with Crippen LogP contribution in [0, 0.1) is 13.8 Å². The maximum absolute atomic E-state index is 11.3. The minimum absolute atomic E-state index is 0.0666. The molecule has 10 nitrogen and oxygen atoms in total. The van der Waals surface area contributed by atoms with E-state index in [4.69, 9.17) is 19.6 Å². The predicted octanol–water partition coefficient (Wildman–Crippen LogP) is 4.86. The minimum atomic E-state index is -4.02. The summed E-state index contributed by atoms with van der Waals surface area (Å²) in [6.07, 6.45) is 3.39. The second kappa shape index (κ2) is 15.7. The van der Waals surface area contributed by atoms with E-state index in [2.05, 4.69) is 12.2 Å². The number of nitrogens with two attached hydrogens (primary N) is 1. The number of rotatable bonds is 7. The van der Waals surface area contributed by atoms with E-state index < -0.39 is 31.9 Å². The second-order valence-electron chi connectivity index (χ2n) is 9.32. The van der Waals surface area contributed by atoms with Crippen molar-refractivity contribution in [3.63, 3.8) is 0 Å². The Hall–Kier alpha value is -2.51. The topological polar surface area (TPSA) is 173 Å². The Labute approximate surface area is 221 Å². The van der Waals surface area contributed by atoms with Crippen molar-refractivity contribution >= 4 is 26.3 Å². The summed E-state index contributed by atoms with van der Waals surface area (Å²) in [7, 11) is -8.04. The van der Waals surface area contributed by atoms with Gasteiger partial charge in [0.1, 0.15) is 5.60 Å². The normalized spacial score (nSPS) is 12.2. The first-order chi connectivity index (χ1) is 16.8. The van der Waals surface area contributed by atoms with E-state index >= 15 is 0 Å². The Morgan fingerprint density at radius 1 is 0.865 bits per heavy atom. The molecule has 2 rings (SSSR count). The quantitative estimate of drug-likeness (QED) is 0.209. The van der Waals surface area contributed by atoms with Crippen LogP contribution in [0.3, 0.4) is 0 Å². The highest BCUT2D eigenvalue weighted by Gasteiger charge is 2.17. The molecule has 0 radical (unpaired) electrons. The SMILES string of the molecule is CCCCCC(N)NC(=O)OC(C)(C)C.Cc1ccc(S(=O)(=O)O)cc1.Cc1ccc(S(=O)(=O)O)cc1. The molecule has 5 N–H and O–H groups in total. The third kappa shape index (κ3) is 17.6. The highest BCUT2D eigenvalue weighted by atomic mass is 32.2. The zero-order valence-electron chi connectivity index (χ0n) is 22.3. The Morgan fingerprint density at radius 2 is 1.24 bits per heavy atom. The molecule has 0 aliphatic rings. The van der Waals surface area contributed by atoms with Crippen molar-refractivity contribution in [2.75, 3.05) is 0 Å². The third-order valence-corrected chi connectivity index (χ3v) is 6.19. The van der Waals surface area contributed by atoms with Crippen LogP contribution in [-0.4, -0.2) is 43.8 Å². The lowest BCUT2D eigenvalue weighted by Crippen LogP contribution is -2.44. The van der Waals surface area contributed by atoms with E-state index in [0.717, 1.165) is 36.8 Å². The number of carbonyl (C=O) groups excluding carboxylic acids is 1. The standard InChI is InChI=1S/C11H24N2O2.2C7H8O3S/c1-5-6-7-8-9(12)13-10(14)15-11(2,3)4;2*1-6-2-4-7(5-3-6)11(8,9)10/h9H,5-8,12H2,1-4H3,(H,13,14);2*2-5H,1H3,(H,8,9,10). The van der Waals surface area contributed by atoms with E-state index in [-0.39, 0.29) is 16.0 Å². The van der Waals surface area contributed by atoms with E-state index in [1.807, 2.05) is 34.6 Å². The smallest absolute Gasteiger partial charge is 0.408 e. The van der Waals surface area contributed by atoms with E-state index in [0.29, 0.717) is 0 Å². The van der Waals surface area contributed by atoms with E-state index in [9.17, 15) is 21.6 Å². The van der Waals surface area contributed by atoms with Crippen LogP contribution in [0.2, 0.25) is 0 Å². The van der Waals surface area contributed by atoms with Gasteiger partial charge >= 0.3 is 6.09 Å². The number of hydrogen-bond acceptors (Lipinski definition) is 7. The summed E-state index contributed by atoms with van der Waals surface area (Å²) in [6.45, 7) is 11.3. The summed E-state index contributed by atoms with van der Waals surface area (Å²) in [6, 6.07) is 12.0. The fraction of sp³-hybridized carbons (Fsp3) is 0.480. The number of carbonyl (C=O) groups is 1. The Bertz CT molecular complexity index is 1080. The zero-order valence-corrected chi connectivity index (χ0v) is 23.9. The molecule has 2 aromatic carbocycles. The molecular formula is C25H40N2O8S2. The molecule has 0 aliphatic heterocycles. The van der Waals surface area contributed by atoms with Crippen LogP contribution < -0.4 is 11.1 Å². The van der Waals surface area contributed by atoms with Gasteiger partial charge in [0, 0.05) is 0 Å². The van der Waals surface area contributed by atoms with Crippen LogP contribution in [0.4, 0.5) is 4.79 Å². The van der Waals surface area contributed by atoms with Gasteiger partial charge in [-0.3, -0.25) is 9.11 Å². The average molecular weight is 561 g/mol. The Morgan fingerprint density at radius 3 is 1.54 bits per heavy atom. The maximum atomic E-state index is 11.3. The van der Waals surface area contributed by atoms with Gasteiger partial charge in [-0.05, 0) is 65.3 Å². The first-order valence-electron chi connectivity index (χ1n) is 11.7. The van der Waals surface area contributed by atoms with Gasteiger partial charge in [0.25, 0.3) is 20.2 Å². The number of alkyl carbamates (subject to hydrolysis) is 1. The molecule has 1 amide bonds. The molecule has 0 aliphatic carbocycles. The van der Waals surface area contributed by atoms with Crippen molar-refractivity contribution in [2.24, 2.45) is 5.73 Å². The number of amides is 1. The number of nitrogens with one attached hydrogen (secondary N) is 1. The molecule has 0 heterocycles. The highest BCUT2D eigenvalue weighted by molar-refractivity contribution is 7.86. The van der Waals surface area contributed by atoms with Gasteiger partial charge in [0.15, 0.2) is 0 Å². The number of aryl methyl sites for hydroxylation is 2. The van der Waals surface area contributed by atoms with Crippen LogP contribution in [0.5, 0.6) is 0 Å².